The Balaban J connectivity index is 0.00000338. The second-order valence-corrected chi connectivity index (χ2v) is 7.75. The molecule has 1 heterocycles. The molecular weight excluding hydrogens is 443 g/mol. The molecule has 2 rings (SSSR count). The van der Waals surface area contributed by atoms with Gasteiger partial charge in [-0.3, -0.25) is 9.89 Å². The second kappa shape index (κ2) is 13.1. The highest BCUT2D eigenvalue weighted by molar-refractivity contribution is 14.0. The number of nitrogens with one attached hydrogen (secondary N) is 2. The van der Waals surface area contributed by atoms with E-state index in [2.05, 4.69) is 34.4 Å². The minimum atomic E-state index is 0. The highest BCUT2D eigenvalue weighted by Gasteiger charge is 2.28. The van der Waals surface area contributed by atoms with Gasteiger partial charge in [0.2, 0.25) is 0 Å². The van der Waals surface area contributed by atoms with Crippen molar-refractivity contribution in [2.45, 2.75) is 64.0 Å². The number of hydrogen-bond donors (Lipinski definition) is 2. The number of guanidine groups is 1. The van der Waals surface area contributed by atoms with Crippen LogP contribution in [0.5, 0.6) is 0 Å². The third-order valence-electron chi connectivity index (χ3n) is 5.33. The number of morpholine rings is 1. The molecule has 2 N–H and O–H groups in total. The maximum absolute atomic E-state index is 6.03. The van der Waals surface area contributed by atoms with Crippen molar-refractivity contribution in [1.82, 2.24) is 15.5 Å². The molecule has 6 nitrogen and oxygen atoms in total. The van der Waals surface area contributed by atoms with Crippen LogP contribution in [-0.4, -0.2) is 75.5 Å². The number of nitrogens with zero attached hydrogens (tertiary/aromatic N) is 2. The largest absolute Gasteiger partial charge is 0.379 e. The van der Waals surface area contributed by atoms with Crippen molar-refractivity contribution in [2.75, 3.05) is 53.0 Å². The Morgan fingerprint density at radius 2 is 1.77 bits per heavy atom. The average molecular weight is 482 g/mol. The van der Waals surface area contributed by atoms with E-state index < -0.39 is 0 Å². The zero-order chi connectivity index (χ0) is 18.0. The molecule has 1 aliphatic carbocycles. The molecule has 1 saturated carbocycles. The van der Waals surface area contributed by atoms with E-state index in [-0.39, 0.29) is 29.5 Å². The smallest absolute Gasteiger partial charge is 0.191 e. The third-order valence-corrected chi connectivity index (χ3v) is 5.33. The zero-order valence-corrected chi connectivity index (χ0v) is 19.2. The molecule has 0 unspecified atom stereocenters. The Morgan fingerprint density at radius 3 is 2.38 bits per heavy atom. The van der Waals surface area contributed by atoms with Crippen LogP contribution < -0.4 is 10.6 Å². The lowest BCUT2D eigenvalue weighted by Gasteiger charge is -2.41. The van der Waals surface area contributed by atoms with Crippen molar-refractivity contribution >= 4 is 29.9 Å². The predicted molar refractivity (Wildman–Crippen MR) is 119 cm³/mol. The third kappa shape index (κ3) is 8.71. The summed E-state index contributed by atoms with van der Waals surface area (Å²) in [7, 11) is 1.82. The molecule has 0 aromatic rings. The van der Waals surface area contributed by atoms with Gasteiger partial charge in [0.15, 0.2) is 5.96 Å². The van der Waals surface area contributed by atoms with E-state index in [9.17, 15) is 0 Å². The fourth-order valence-corrected chi connectivity index (χ4v) is 3.60. The normalized spacial score (nSPS) is 21.0. The predicted octanol–water partition coefficient (Wildman–Crippen LogP) is 2.62. The van der Waals surface area contributed by atoms with Crippen LogP contribution in [0.4, 0.5) is 0 Å². The van der Waals surface area contributed by atoms with E-state index in [0.717, 1.165) is 52.0 Å². The number of rotatable bonds is 7. The Kier molecular flexibility index (Phi) is 12.1. The van der Waals surface area contributed by atoms with Gasteiger partial charge in [0, 0.05) is 38.8 Å². The summed E-state index contributed by atoms with van der Waals surface area (Å²) >= 11 is 0. The van der Waals surface area contributed by atoms with Crippen LogP contribution in [0.3, 0.4) is 0 Å². The summed E-state index contributed by atoms with van der Waals surface area (Å²) in [5.74, 6) is 0.853. The fourth-order valence-electron chi connectivity index (χ4n) is 3.60. The molecule has 0 aromatic heterocycles. The Morgan fingerprint density at radius 1 is 1.12 bits per heavy atom. The molecule has 1 aliphatic heterocycles. The van der Waals surface area contributed by atoms with Crippen molar-refractivity contribution in [1.29, 1.82) is 0 Å². The van der Waals surface area contributed by atoms with E-state index in [1.54, 1.807) is 0 Å². The molecule has 1 saturated heterocycles. The molecule has 2 aliphatic rings. The zero-order valence-electron chi connectivity index (χ0n) is 16.9. The number of aliphatic imine (C=N–C) groups is 1. The average Bonchev–Trinajstić information content (AvgIpc) is 2.90. The summed E-state index contributed by atoms with van der Waals surface area (Å²) in [6.45, 7) is 10.6. The lowest BCUT2D eigenvalue weighted by Crippen LogP contribution is -2.56. The fraction of sp³-hybridized carbons (Fsp3) is 0.947. The van der Waals surface area contributed by atoms with E-state index in [1.807, 2.05) is 7.05 Å². The highest BCUT2D eigenvalue weighted by atomic mass is 127. The van der Waals surface area contributed by atoms with Crippen LogP contribution in [-0.2, 0) is 9.47 Å². The van der Waals surface area contributed by atoms with Gasteiger partial charge in [-0.25, -0.2) is 0 Å². The van der Waals surface area contributed by atoms with Gasteiger partial charge in [-0.05, 0) is 26.7 Å². The summed E-state index contributed by atoms with van der Waals surface area (Å²) in [6, 6.07) is 0. The summed E-state index contributed by atoms with van der Waals surface area (Å²) in [4.78, 5) is 6.81. The molecule has 26 heavy (non-hydrogen) atoms. The Hall–Kier alpha value is -0.120. The van der Waals surface area contributed by atoms with Gasteiger partial charge in [0.1, 0.15) is 0 Å². The van der Waals surface area contributed by atoms with Gasteiger partial charge in [-0.15, -0.1) is 24.0 Å². The molecule has 7 heteroatoms. The molecular formula is C19H39IN4O2. The summed E-state index contributed by atoms with van der Waals surface area (Å²) < 4.78 is 11.5. The molecule has 0 bridgehead atoms. The lowest BCUT2D eigenvalue weighted by atomic mass is 10.0. The topological polar surface area (TPSA) is 58.1 Å². The summed E-state index contributed by atoms with van der Waals surface area (Å²) in [6.07, 6.45) is 8.28. The highest BCUT2D eigenvalue weighted by Crippen LogP contribution is 2.19. The van der Waals surface area contributed by atoms with Crippen molar-refractivity contribution in [3.8, 4) is 0 Å². The van der Waals surface area contributed by atoms with Gasteiger partial charge in [0.05, 0.1) is 25.9 Å². The number of ether oxygens (including phenoxy) is 2. The first kappa shape index (κ1) is 23.9. The maximum Gasteiger partial charge on any atom is 0.191 e. The molecule has 154 valence electrons. The molecule has 0 atom stereocenters. The quantitative estimate of drug-likeness (QED) is 0.192. The monoisotopic (exact) mass is 482 g/mol. The van der Waals surface area contributed by atoms with Crippen LogP contribution in [0.25, 0.3) is 0 Å². The van der Waals surface area contributed by atoms with E-state index >= 15 is 0 Å². The first-order valence-electron chi connectivity index (χ1n) is 10.0. The number of hydrogen-bond acceptors (Lipinski definition) is 4. The minimum absolute atomic E-state index is 0. The van der Waals surface area contributed by atoms with E-state index in [4.69, 9.17) is 9.47 Å². The minimum Gasteiger partial charge on any atom is -0.379 e. The first-order valence-corrected chi connectivity index (χ1v) is 10.0. The standard InChI is InChI=1S/C19H38N4O2.HI/c1-19(2,23-11-14-24-15-12-23)16-22-18(20-3)21-10-13-25-17-8-6-4-5-7-9-17;/h17H,4-16H2,1-3H3,(H2,20,21,22);1H. The SMILES string of the molecule is CN=C(NCCOC1CCCCCC1)NCC(C)(C)N1CCOCC1.I. The van der Waals surface area contributed by atoms with E-state index in [0.29, 0.717) is 6.10 Å². The van der Waals surface area contributed by atoms with Gasteiger partial charge in [-0.1, -0.05) is 25.7 Å². The maximum atomic E-state index is 6.03. The van der Waals surface area contributed by atoms with Crippen LogP contribution >= 0.6 is 24.0 Å². The van der Waals surface area contributed by atoms with Crippen molar-refractivity contribution in [3.63, 3.8) is 0 Å². The van der Waals surface area contributed by atoms with Crippen LogP contribution in [0.2, 0.25) is 0 Å². The molecule has 0 spiro atoms. The van der Waals surface area contributed by atoms with Crippen LogP contribution in [0.1, 0.15) is 52.4 Å². The van der Waals surface area contributed by atoms with Gasteiger partial charge < -0.3 is 20.1 Å². The second-order valence-electron chi connectivity index (χ2n) is 7.75. The molecule has 0 amide bonds. The van der Waals surface area contributed by atoms with E-state index in [1.165, 1.54) is 38.5 Å². The van der Waals surface area contributed by atoms with Crippen LogP contribution in [0.15, 0.2) is 4.99 Å². The molecule has 2 fully saturated rings. The van der Waals surface area contributed by atoms with Crippen molar-refractivity contribution < 1.29 is 9.47 Å². The van der Waals surface area contributed by atoms with Crippen molar-refractivity contribution in [2.24, 2.45) is 4.99 Å². The lowest BCUT2D eigenvalue weighted by molar-refractivity contribution is -0.00835. The number of halogens is 1. The molecule has 0 radical (unpaired) electrons. The van der Waals surface area contributed by atoms with Gasteiger partial charge >= 0.3 is 0 Å². The first-order chi connectivity index (χ1) is 12.1. The Labute approximate surface area is 176 Å². The molecule has 0 aromatic carbocycles. The summed E-state index contributed by atoms with van der Waals surface area (Å²) in [5, 5.41) is 6.83. The van der Waals surface area contributed by atoms with Crippen molar-refractivity contribution in [3.05, 3.63) is 0 Å². The van der Waals surface area contributed by atoms with Gasteiger partial charge in [-0.2, -0.15) is 0 Å². The van der Waals surface area contributed by atoms with Crippen LogP contribution in [0, 0.1) is 0 Å². The Bertz CT molecular complexity index is 393. The summed E-state index contributed by atoms with van der Waals surface area (Å²) in [5.41, 5.74) is 0.0816. The van der Waals surface area contributed by atoms with Gasteiger partial charge in [0.25, 0.3) is 0 Å².